The van der Waals surface area contributed by atoms with E-state index in [0.717, 1.165) is 19.4 Å². The topological polar surface area (TPSA) is 20.3 Å². The molecule has 0 spiro atoms. The van der Waals surface area contributed by atoms with Crippen molar-refractivity contribution in [2.75, 3.05) is 6.54 Å². The van der Waals surface area contributed by atoms with E-state index in [0.29, 0.717) is 0 Å². The first-order valence-corrected chi connectivity index (χ1v) is 5.43. The number of amides is 1. The van der Waals surface area contributed by atoms with Gasteiger partial charge in [-0.05, 0) is 25.3 Å². The lowest BCUT2D eigenvalue weighted by Crippen LogP contribution is -2.34. The molecule has 0 aromatic heterocycles. The minimum absolute atomic E-state index is 0.170. The molecule has 1 rings (SSSR count). The van der Waals surface area contributed by atoms with Crippen LogP contribution in [0.3, 0.4) is 0 Å². The van der Waals surface area contributed by atoms with Gasteiger partial charge in [0.25, 0.3) is 0 Å². The number of hydrogen-bond donors (Lipinski definition) is 0. The van der Waals surface area contributed by atoms with E-state index in [2.05, 4.69) is 12.7 Å². The number of carbonyl (C=O) groups is 1. The highest BCUT2D eigenvalue weighted by atomic mass is 16.2. The third-order valence-electron chi connectivity index (χ3n) is 2.80. The fourth-order valence-corrected chi connectivity index (χ4v) is 2.07. The Kier molecular flexibility index (Phi) is 4.35. The Bertz CT molecular complexity index is 302. The zero-order valence-corrected chi connectivity index (χ0v) is 9.57. The van der Waals surface area contributed by atoms with Crippen molar-refractivity contribution in [3.8, 4) is 0 Å². The van der Waals surface area contributed by atoms with Crippen LogP contribution in [0, 0.1) is 0 Å². The van der Waals surface area contributed by atoms with Crippen molar-refractivity contribution >= 4 is 5.91 Å². The predicted octanol–water partition coefficient (Wildman–Crippen LogP) is 2.69. The maximum absolute atomic E-state index is 11.4. The Balaban J connectivity index is 2.80. The molecule has 0 radical (unpaired) electrons. The van der Waals surface area contributed by atoms with Gasteiger partial charge in [0.1, 0.15) is 0 Å². The fraction of sp³-hybridized carbons (Fsp3) is 0.462. The Hall–Kier alpha value is -1.31. The minimum Gasteiger partial charge on any atom is -0.336 e. The average Bonchev–Trinajstić information content (AvgIpc) is 2.68. The van der Waals surface area contributed by atoms with Gasteiger partial charge in [-0.2, -0.15) is 0 Å². The van der Waals surface area contributed by atoms with Gasteiger partial charge < -0.3 is 4.90 Å². The predicted molar refractivity (Wildman–Crippen MR) is 63.5 cm³/mol. The minimum atomic E-state index is 0.170. The van der Waals surface area contributed by atoms with Gasteiger partial charge in [0.15, 0.2) is 0 Å². The highest BCUT2D eigenvalue weighted by Gasteiger charge is 2.27. The van der Waals surface area contributed by atoms with Crippen LogP contribution in [0.25, 0.3) is 0 Å². The maximum Gasteiger partial charge on any atom is 0.219 e. The number of rotatable bonds is 3. The van der Waals surface area contributed by atoms with Gasteiger partial charge in [0.2, 0.25) is 5.91 Å². The lowest BCUT2D eigenvalue weighted by atomic mass is 10.0. The van der Waals surface area contributed by atoms with E-state index >= 15 is 0 Å². The van der Waals surface area contributed by atoms with Crippen molar-refractivity contribution in [3.63, 3.8) is 0 Å². The molecular weight excluding hydrogens is 186 g/mol. The van der Waals surface area contributed by atoms with Crippen LogP contribution < -0.4 is 0 Å². The molecule has 1 amide bonds. The second-order valence-electron chi connectivity index (χ2n) is 3.75. The van der Waals surface area contributed by atoms with Crippen LogP contribution >= 0.6 is 0 Å². The second kappa shape index (κ2) is 5.54. The summed E-state index contributed by atoms with van der Waals surface area (Å²) in [6.07, 6.45) is 9.97. The quantitative estimate of drug-likeness (QED) is 0.649. The Morgan fingerprint density at radius 1 is 1.53 bits per heavy atom. The van der Waals surface area contributed by atoms with Crippen LogP contribution in [-0.4, -0.2) is 23.4 Å². The van der Waals surface area contributed by atoms with E-state index in [1.54, 1.807) is 13.0 Å². The summed E-state index contributed by atoms with van der Waals surface area (Å²) >= 11 is 0. The van der Waals surface area contributed by atoms with Crippen molar-refractivity contribution in [2.45, 2.75) is 32.7 Å². The second-order valence-corrected chi connectivity index (χ2v) is 3.75. The summed E-state index contributed by atoms with van der Waals surface area (Å²) in [5.41, 5.74) is 1.21. The molecule has 1 unspecified atom stereocenters. The third kappa shape index (κ3) is 2.82. The van der Waals surface area contributed by atoms with Crippen LogP contribution in [0.4, 0.5) is 0 Å². The number of carbonyl (C=O) groups excluding carboxylic acids is 1. The molecule has 0 bridgehead atoms. The average molecular weight is 205 g/mol. The summed E-state index contributed by atoms with van der Waals surface area (Å²) in [7, 11) is 0. The first-order chi connectivity index (χ1) is 7.20. The molecule has 1 heterocycles. The molecule has 82 valence electrons. The van der Waals surface area contributed by atoms with E-state index in [4.69, 9.17) is 0 Å². The number of nitrogens with zero attached hydrogens (tertiary/aromatic N) is 1. The van der Waals surface area contributed by atoms with Gasteiger partial charge in [-0.25, -0.2) is 0 Å². The molecule has 15 heavy (non-hydrogen) atoms. The van der Waals surface area contributed by atoms with Crippen molar-refractivity contribution in [1.82, 2.24) is 4.90 Å². The summed E-state index contributed by atoms with van der Waals surface area (Å²) in [5.74, 6) is 0.170. The summed E-state index contributed by atoms with van der Waals surface area (Å²) in [5, 5.41) is 0. The van der Waals surface area contributed by atoms with Gasteiger partial charge in [-0.15, -0.1) is 0 Å². The van der Waals surface area contributed by atoms with Crippen molar-refractivity contribution in [3.05, 3.63) is 36.5 Å². The molecule has 0 aromatic carbocycles. The van der Waals surface area contributed by atoms with Crippen molar-refractivity contribution in [2.24, 2.45) is 0 Å². The van der Waals surface area contributed by atoms with E-state index < -0.39 is 0 Å². The third-order valence-corrected chi connectivity index (χ3v) is 2.80. The van der Waals surface area contributed by atoms with Crippen LogP contribution in [0.1, 0.15) is 26.7 Å². The lowest BCUT2D eigenvalue weighted by Gasteiger charge is -2.24. The molecule has 1 aliphatic heterocycles. The molecule has 1 atom stereocenters. The molecule has 1 fully saturated rings. The molecule has 0 saturated carbocycles. The molecule has 1 saturated heterocycles. The summed E-state index contributed by atoms with van der Waals surface area (Å²) in [4.78, 5) is 13.4. The van der Waals surface area contributed by atoms with Crippen LogP contribution in [-0.2, 0) is 4.79 Å². The summed E-state index contributed by atoms with van der Waals surface area (Å²) in [6.45, 7) is 8.20. The first kappa shape index (κ1) is 11.8. The van der Waals surface area contributed by atoms with Crippen LogP contribution in [0.5, 0.6) is 0 Å². The molecule has 0 aromatic rings. The maximum atomic E-state index is 11.4. The van der Waals surface area contributed by atoms with Gasteiger partial charge in [-0.1, -0.05) is 30.9 Å². The monoisotopic (exact) mass is 205 g/mol. The summed E-state index contributed by atoms with van der Waals surface area (Å²) in [6, 6.07) is 0.267. The van der Waals surface area contributed by atoms with Crippen LogP contribution in [0.2, 0.25) is 0 Å². The van der Waals surface area contributed by atoms with E-state index in [9.17, 15) is 4.79 Å². The number of allylic oxidation sites excluding steroid dienone is 3. The molecular formula is C13H19NO. The van der Waals surface area contributed by atoms with E-state index in [1.807, 2.05) is 24.0 Å². The molecule has 0 aliphatic carbocycles. The SMILES string of the molecule is C=C/C=C\C(=C/C)C1CCCN1C(C)=O. The molecule has 1 aliphatic rings. The largest absolute Gasteiger partial charge is 0.336 e. The van der Waals surface area contributed by atoms with Crippen molar-refractivity contribution in [1.29, 1.82) is 0 Å². The van der Waals surface area contributed by atoms with Gasteiger partial charge in [0, 0.05) is 13.5 Å². The molecule has 2 heteroatoms. The zero-order valence-electron chi connectivity index (χ0n) is 9.57. The lowest BCUT2D eigenvalue weighted by molar-refractivity contribution is -0.128. The standard InChI is InChI=1S/C13H19NO/c1-4-6-8-12(5-2)13-9-7-10-14(13)11(3)15/h4-6,8,13H,1,7,9-10H2,2-3H3/b8-6-,12-5+. The zero-order chi connectivity index (χ0) is 11.3. The van der Waals surface area contributed by atoms with Gasteiger partial charge >= 0.3 is 0 Å². The molecule has 0 N–H and O–H groups in total. The smallest absolute Gasteiger partial charge is 0.219 e. The fourth-order valence-electron chi connectivity index (χ4n) is 2.07. The Labute approximate surface area is 92.0 Å². The first-order valence-electron chi connectivity index (χ1n) is 5.43. The highest BCUT2D eigenvalue weighted by Crippen LogP contribution is 2.24. The Morgan fingerprint density at radius 3 is 2.80 bits per heavy atom. The molecule has 2 nitrogen and oxygen atoms in total. The van der Waals surface area contributed by atoms with Gasteiger partial charge in [0.05, 0.1) is 6.04 Å². The number of hydrogen-bond acceptors (Lipinski definition) is 1. The Morgan fingerprint density at radius 2 is 2.27 bits per heavy atom. The van der Waals surface area contributed by atoms with Gasteiger partial charge in [-0.3, -0.25) is 4.79 Å². The number of likely N-dealkylation sites (tertiary alicyclic amines) is 1. The normalized spacial score (nSPS) is 22.4. The van der Waals surface area contributed by atoms with Crippen molar-refractivity contribution < 1.29 is 4.79 Å². The highest BCUT2D eigenvalue weighted by molar-refractivity contribution is 5.74. The van der Waals surface area contributed by atoms with Crippen LogP contribution in [0.15, 0.2) is 36.5 Å². The van der Waals surface area contributed by atoms with E-state index in [-0.39, 0.29) is 11.9 Å². The van der Waals surface area contributed by atoms with E-state index in [1.165, 1.54) is 5.57 Å². The summed E-state index contributed by atoms with van der Waals surface area (Å²) < 4.78 is 0.